The molecule has 5 nitrogen and oxygen atoms in total. The monoisotopic (exact) mass is 347 g/mol. The summed E-state index contributed by atoms with van der Waals surface area (Å²) in [6.45, 7) is 4.92. The van der Waals surface area contributed by atoms with Crippen LogP contribution >= 0.6 is 11.6 Å². The first-order valence-electron chi connectivity index (χ1n) is 8.44. The fourth-order valence-corrected chi connectivity index (χ4v) is 3.62. The van der Waals surface area contributed by atoms with E-state index in [0.717, 1.165) is 38.9 Å². The second kappa shape index (κ2) is 7.90. The SMILES string of the molecule is CCC(C(=O)c1ncco1)C1CCN(Cc2ccc(Cl)nc2)CC1. The van der Waals surface area contributed by atoms with Gasteiger partial charge in [0.1, 0.15) is 11.4 Å². The van der Waals surface area contributed by atoms with Crippen molar-refractivity contribution in [2.24, 2.45) is 11.8 Å². The molecule has 3 rings (SSSR count). The number of carbonyl (C=O) groups excluding carboxylic acids is 1. The summed E-state index contributed by atoms with van der Waals surface area (Å²) >= 11 is 5.83. The van der Waals surface area contributed by atoms with Crippen molar-refractivity contribution in [1.82, 2.24) is 14.9 Å². The minimum absolute atomic E-state index is 0.00278. The number of hydrogen-bond acceptors (Lipinski definition) is 5. The van der Waals surface area contributed by atoms with Gasteiger partial charge in [0.2, 0.25) is 5.78 Å². The van der Waals surface area contributed by atoms with Gasteiger partial charge in [0.15, 0.2) is 0 Å². The summed E-state index contributed by atoms with van der Waals surface area (Å²) in [7, 11) is 0. The van der Waals surface area contributed by atoms with Gasteiger partial charge < -0.3 is 4.42 Å². The number of rotatable bonds is 6. The van der Waals surface area contributed by atoms with E-state index in [2.05, 4.69) is 21.8 Å². The number of pyridine rings is 1. The van der Waals surface area contributed by atoms with Gasteiger partial charge in [0.05, 0.1) is 6.20 Å². The van der Waals surface area contributed by atoms with Crippen LogP contribution in [0.4, 0.5) is 0 Å². The number of carbonyl (C=O) groups is 1. The maximum absolute atomic E-state index is 12.6. The van der Waals surface area contributed by atoms with Crippen molar-refractivity contribution in [3.05, 3.63) is 47.4 Å². The minimum Gasteiger partial charge on any atom is -0.442 e. The molecule has 0 N–H and O–H groups in total. The molecule has 1 atom stereocenters. The number of ketones is 1. The van der Waals surface area contributed by atoms with Gasteiger partial charge in [-0.15, -0.1) is 0 Å². The van der Waals surface area contributed by atoms with E-state index >= 15 is 0 Å². The molecule has 2 aromatic heterocycles. The quantitative estimate of drug-likeness (QED) is 0.587. The molecule has 2 aromatic rings. The molecule has 0 radical (unpaired) electrons. The molecule has 1 saturated heterocycles. The Hall–Kier alpha value is -1.72. The lowest BCUT2D eigenvalue weighted by molar-refractivity contribution is 0.0750. The molecule has 1 aliphatic rings. The van der Waals surface area contributed by atoms with E-state index in [1.165, 1.54) is 18.0 Å². The van der Waals surface area contributed by atoms with E-state index in [9.17, 15) is 4.79 Å². The molecule has 6 heteroatoms. The van der Waals surface area contributed by atoms with Crippen LogP contribution in [0.25, 0.3) is 0 Å². The summed E-state index contributed by atoms with van der Waals surface area (Å²) in [5, 5.41) is 0.522. The van der Waals surface area contributed by atoms with Crippen LogP contribution in [0.5, 0.6) is 0 Å². The topological polar surface area (TPSA) is 59.2 Å². The zero-order valence-corrected chi connectivity index (χ0v) is 14.6. The Kier molecular flexibility index (Phi) is 5.63. The van der Waals surface area contributed by atoms with Crippen molar-refractivity contribution < 1.29 is 9.21 Å². The number of nitrogens with zero attached hydrogens (tertiary/aromatic N) is 3. The molecule has 0 bridgehead atoms. The highest BCUT2D eigenvalue weighted by molar-refractivity contribution is 6.29. The van der Waals surface area contributed by atoms with Gasteiger partial charge in [-0.25, -0.2) is 9.97 Å². The predicted molar refractivity (Wildman–Crippen MR) is 91.9 cm³/mol. The molecular weight excluding hydrogens is 326 g/mol. The fourth-order valence-electron chi connectivity index (χ4n) is 3.51. The number of oxazole rings is 1. The van der Waals surface area contributed by atoms with Gasteiger partial charge in [0, 0.05) is 18.7 Å². The zero-order valence-electron chi connectivity index (χ0n) is 13.8. The standard InChI is InChI=1S/C18H22ClN3O2/c1-2-15(17(23)18-20-7-10-24-18)14-5-8-22(9-6-14)12-13-3-4-16(19)21-11-13/h3-4,7,10-11,14-15H,2,5-6,8-9,12H2,1H3. The molecule has 0 aromatic carbocycles. The van der Waals surface area contributed by atoms with E-state index < -0.39 is 0 Å². The number of likely N-dealkylation sites (tertiary alicyclic amines) is 1. The molecule has 1 fully saturated rings. The van der Waals surface area contributed by atoms with Gasteiger partial charge in [0.25, 0.3) is 5.89 Å². The molecule has 0 aliphatic carbocycles. The van der Waals surface area contributed by atoms with Crippen LogP contribution in [0, 0.1) is 11.8 Å². The van der Waals surface area contributed by atoms with Crippen LogP contribution in [-0.2, 0) is 6.54 Å². The Morgan fingerprint density at radius 2 is 2.17 bits per heavy atom. The van der Waals surface area contributed by atoms with Gasteiger partial charge in [-0.1, -0.05) is 24.6 Å². The molecule has 24 heavy (non-hydrogen) atoms. The highest BCUT2D eigenvalue weighted by Gasteiger charge is 2.32. The van der Waals surface area contributed by atoms with E-state index in [1.807, 2.05) is 18.3 Å². The first-order valence-corrected chi connectivity index (χ1v) is 8.81. The average molecular weight is 348 g/mol. The van der Waals surface area contributed by atoms with E-state index in [4.69, 9.17) is 16.0 Å². The summed E-state index contributed by atoms with van der Waals surface area (Å²) in [6, 6.07) is 3.84. The Morgan fingerprint density at radius 3 is 2.75 bits per heavy atom. The van der Waals surface area contributed by atoms with Crippen molar-refractivity contribution in [3.63, 3.8) is 0 Å². The number of hydrogen-bond donors (Lipinski definition) is 0. The average Bonchev–Trinajstić information content (AvgIpc) is 3.13. The summed E-state index contributed by atoms with van der Waals surface area (Å²) in [4.78, 5) is 23.1. The molecule has 0 spiro atoms. The van der Waals surface area contributed by atoms with Crippen molar-refractivity contribution in [1.29, 1.82) is 0 Å². The molecule has 0 amide bonds. The largest absolute Gasteiger partial charge is 0.442 e. The molecule has 128 valence electrons. The number of Topliss-reactive ketones (excluding diaryl/α,β-unsaturated/α-hetero) is 1. The smallest absolute Gasteiger partial charge is 0.263 e. The predicted octanol–water partition coefficient (Wildman–Crippen LogP) is 3.84. The maximum atomic E-state index is 12.6. The molecule has 0 saturated carbocycles. The maximum Gasteiger partial charge on any atom is 0.263 e. The first-order chi connectivity index (χ1) is 11.7. The summed E-state index contributed by atoms with van der Waals surface area (Å²) in [5.41, 5.74) is 1.17. The van der Waals surface area contributed by atoms with Crippen LogP contribution in [0.2, 0.25) is 5.15 Å². The third-order valence-corrected chi connectivity index (χ3v) is 5.04. The lowest BCUT2D eigenvalue weighted by Crippen LogP contribution is -2.37. The molecular formula is C18H22ClN3O2. The highest BCUT2D eigenvalue weighted by atomic mass is 35.5. The lowest BCUT2D eigenvalue weighted by atomic mass is 9.80. The Bertz CT molecular complexity index is 649. The van der Waals surface area contributed by atoms with Crippen molar-refractivity contribution in [2.75, 3.05) is 13.1 Å². The van der Waals surface area contributed by atoms with E-state index in [0.29, 0.717) is 11.1 Å². The van der Waals surface area contributed by atoms with Gasteiger partial charge in [-0.05, 0) is 49.9 Å². The number of aromatic nitrogens is 2. The van der Waals surface area contributed by atoms with Crippen molar-refractivity contribution >= 4 is 17.4 Å². The fraction of sp³-hybridized carbons (Fsp3) is 0.500. The Labute approximate surface area is 147 Å². The normalized spacial score (nSPS) is 17.8. The Morgan fingerprint density at radius 1 is 1.38 bits per heavy atom. The van der Waals surface area contributed by atoms with Crippen LogP contribution in [0.3, 0.4) is 0 Å². The van der Waals surface area contributed by atoms with Crippen LogP contribution in [-0.4, -0.2) is 33.7 Å². The third-order valence-electron chi connectivity index (χ3n) is 4.82. The van der Waals surface area contributed by atoms with Gasteiger partial charge >= 0.3 is 0 Å². The second-order valence-electron chi connectivity index (χ2n) is 6.32. The summed E-state index contributed by atoms with van der Waals surface area (Å²) in [6.07, 6.45) is 7.69. The minimum atomic E-state index is 0.00278. The Balaban J connectivity index is 1.55. The zero-order chi connectivity index (χ0) is 16.9. The molecule has 3 heterocycles. The molecule has 1 aliphatic heterocycles. The first kappa shape index (κ1) is 17.1. The number of halogens is 1. The second-order valence-corrected chi connectivity index (χ2v) is 6.71. The van der Waals surface area contributed by atoms with Crippen molar-refractivity contribution in [3.8, 4) is 0 Å². The summed E-state index contributed by atoms with van der Waals surface area (Å²) < 4.78 is 5.19. The highest BCUT2D eigenvalue weighted by Crippen LogP contribution is 2.30. The van der Waals surface area contributed by atoms with Crippen LogP contribution in [0.1, 0.15) is 42.4 Å². The van der Waals surface area contributed by atoms with Gasteiger partial charge in [-0.2, -0.15) is 0 Å². The summed E-state index contributed by atoms with van der Waals surface area (Å²) in [5.74, 6) is 0.691. The molecule has 1 unspecified atom stereocenters. The third kappa shape index (κ3) is 4.02. The lowest BCUT2D eigenvalue weighted by Gasteiger charge is -2.34. The van der Waals surface area contributed by atoms with Crippen LogP contribution in [0.15, 0.2) is 35.2 Å². The van der Waals surface area contributed by atoms with Gasteiger partial charge in [-0.3, -0.25) is 9.69 Å². The van der Waals surface area contributed by atoms with Crippen LogP contribution < -0.4 is 0 Å². The van der Waals surface area contributed by atoms with E-state index in [-0.39, 0.29) is 17.6 Å². The van der Waals surface area contributed by atoms with Crippen molar-refractivity contribution in [2.45, 2.75) is 32.7 Å². The number of piperidine rings is 1. The van der Waals surface area contributed by atoms with E-state index in [1.54, 1.807) is 0 Å².